The van der Waals surface area contributed by atoms with Crippen LogP contribution in [0.1, 0.15) is 77.0 Å². The Morgan fingerprint density at radius 3 is 2.48 bits per heavy atom. The number of allylic oxidation sites excluding steroid dienone is 1. The Morgan fingerprint density at radius 1 is 1.14 bits per heavy atom. The molecule has 0 radical (unpaired) electrons. The molecule has 0 bridgehead atoms. The third-order valence-electron chi connectivity index (χ3n) is 5.93. The zero-order valence-corrected chi connectivity index (χ0v) is 17.7. The van der Waals surface area contributed by atoms with Crippen molar-refractivity contribution < 1.29 is 9.53 Å². The van der Waals surface area contributed by atoms with Gasteiger partial charge in [-0.25, -0.2) is 9.48 Å². The predicted molar refractivity (Wildman–Crippen MR) is 113 cm³/mol. The highest BCUT2D eigenvalue weighted by molar-refractivity contribution is 5.92. The third-order valence-corrected chi connectivity index (χ3v) is 5.93. The lowest BCUT2D eigenvalue weighted by Crippen LogP contribution is -2.32. The van der Waals surface area contributed by atoms with E-state index < -0.39 is 0 Å². The van der Waals surface area contributed by atoms with Gasteiger partial charge in [-0.3, -0.25) is 0 Å². The van der Waals surface area contributed by atoms with E-state index in [4.69, 9.17) is 4.74 Å². The molecule has 1 aromatic carbocycles. The maximum atomic E-state index is 13.2. The van der Waals surface area contributed by atoms with Crippen LogP contribution < -0.4 is 5.32 Å². The van der Waals surface area contributed by atoms with E-state index in [1.165, 1.54) is 18.3 Å². The van der Waals surface area contributed by atoms with Crippen LogP contribution in [0.5, 0.6) is 0 Å². The van der Waals surface area contributed by atoms with Crippen LogP contribution in [0.15, 0.2) is 41.9 Å². The molecule has 4 rings (SSSR count). The fourth-order valence-electron chi connectivity index (χ4n) is 4.23. The fraction of sp³-hybridized carbons (Fsp3) is 0.522. The smallest absolute Gasteiger partial charge is 0.338 e. The van der Waals surface area contributed by atoms with Crippen LogP contribution in [0.4, 0.5) is 5.95 Å². The van der Waals surface area contributed by atoms with Gasteiger partial charge in [-0.05, 0) is 49.1 Å². The largest absolute Gasteiger partial charge is 0.459 e. The Kier molecular flexibility index (Phi) is 5.19. The summed E-state index contributed by atoms with van der Waals surface area (Å²) in [7, 11) is 0. The summed E-state index contributed by atoms with van der Waals surface area (Å²) in [5.74, 6) is 0.384. The van der Waals surface area contributed by atoms with Crippen LogP contribution >= 0.6 is 0 Å². The number of ether oxygens (including phenoxy) is 1. The average Bonchev–Trinajstić information content (AvgIpc) is 3.15. The van der Waals surface area contributed by atoms with Crippen molar-refractivity contribution in [3.8, 4) is 0 Å². The zero-order chi connectivity index (χ0) is 20.6. The Labute approximate surface area is 172 Å². The van der Waals surface area contributed by atoms with Gasteiger partial charge in [-0.1, -0.05) is 51.5 Å². The van der Waals surface area contributed by atoms with Crippen LogP contribution in [0, 0.1) is 0 Å². The van der Waals surface area contributed by atoms with Crippen molar-refractivity contribution >= 4 is 11.9 Å². The van der Waals surface area contributed by atoms with Crippen molar-refractivity contribution in [2.75, 3.05) is 5.32 Å². The standard InChI is InChI=1S/C23H30N4O2/c1-15-19(21(28)29-18-8-6-5-7-9-18)20(27-22(26-15)24-14-25-27)16-10-12-17(13-11-16)23(2,3)4/h10-14,18,20H,5-9H2,1-4H3,(H,24,25,26). The summed E-state index contributed by atoms with van der Waals surface area (Å²) in [4.78, 5) is 17.5. The Bertz CT molecular complexity index is 915. The summed E-state index contributed by atoms with van der Waals surface area (Å²) in [5, 5.41) is 7.61. The molecule has 6 heteroatoms. The number of rotatable bonds is 3. The number of benzene rings is 1. The molecule has 1 saturated carbocycles. The number of fused-ring (bicyclic) bond motifs is 1. The molecule has 29 heavy (non-hydrogen) atoms. The molecule has 0 saturated heterocycles. The molecule has 6 nitrogen and oxygen atoms in total. The molecule has 2 aromatic rings. The molecule has 1 aromatic heterocycles. The van der Waals surface area contributed by atoms with Crippen molar-refractivity contribution in [3.63, 3.8) is 0 Å². The van der Waals surface area contributed by atoms with E-state index in [-0.39, 0.29) is 23.5 Å². The first kappa shape index (κ1) is 19.7. The number of hydrogen-bond donors (Lipinski definition) is 1. The van der Waals surface area contributed by atoms with Gasteiger partial charge in [-0.15, -0.1) is 0 Å². The van der Waals surface area contributed by atoms with Gasteiger partial charge < -0.3 is 10.1 Å². The van der Waals surface area contributed by atoms with Crippen molar-refractivity contribution in [1.29, 1.82) is 0 Å². The van der Waals surface area contributed by atoms with Gasteiger partial charge in [0.05, 0.1) is 5.57 Å². The lowest BCUT2D eigenvalue weighted by atomic mass is 9.85. The SMILES string of the molecule is CC1=C(C(=O)OC2CCCCC2)C(c2ccc(C(C)(C)C)cc2)n2ncnc2N1. The van der Waals surface area contributed by atoms with Crippen LogP contribution in [-0.2, 0) is 14.9 Å². The number of hydrogen-bond acceptors (Lipinski definition) is 5. The maximum Gasteiger partial charge on any atom is 0.338 e. The molecule has 2 aliphatic rings. The van der Waals surface area contributed by atoms with Crippen molar-refractivity contribution in [1.82, 2.24) is 14.8 Å². The topological polar surface area (TPSA) is 69.0 Å². The monoisotopic (exact) mass is 394 g/mol. The normalized spacial score (nSPS) is 20.2. The molecule has 1 fully saturated rings. The highest BCUT2D eigenvalue weighted by Crippen LogP contribution is 2.36. The Hall–Kier alpha value is -2.63. The summed E-state index contributed by atoms with van der Waals surface area (Å²) in [6.07, 6.45) is 6.90. The maximum absolute atomic E-state index is 13.2. The second kappa shape index (κ2) is 7.65. The molecular weight excluding hydrogens is 364 g/mol. The van der Waals surface area contributed by atoms with Gasteiger partial charge in [0.2, 0.25) is 5.95 Å². The van der Waals surface area contributed by atoms with E-state index in [1.807, 2.05) is 6.92 Å². The van der Waals surface area contributed by atoms with Crippen molar-refractivity contribution in [3.05, 3.63) is 53.0 Å². The number of aromatic nitrogens is 3. The first-order chi connectivity index (χ1) is 13.8. The number of nitrogens with one attached hydrogen (secondary N) is 1. The minimum Gasteiger partial charge on any atom is -0.459 e. The van der Waals surface area contributed by atoms with Crippen LogP contribution in [0.3, 0.4) is 0 Å². The molecule has 1 N–H and O–H groups in total. The molecule has 1 aliphatic heterocycles. The average molecular weight is 395 g/mol. The predicted octanol–water partition coefficient (Wildman–Crippen LogP) is 4.74. The number of esters is 1. The highest BCUT2D eigenvalue weighted by atomic mass is 16.5. The number of carbonyl (C=O) groups excluding carboxylic acids is 1. The third kappa shape index (κ3) is 3.93. The Balaban J connectivity index is 1.69. The van der Waals surface area contributed by atoms with Gasteiger partial charge in [0.15, 0.2) is 0 Å². The summed E-state index contributed by atoms with van der Waals surface area (Å²) in [5.41, 5.74) is 3.70. The van der Waals surface area contributed by atoms with Crippen LogP contribution in [0.25, 0.3) is 0 Å². The molecule has 2 heterocycles. The minimum atomic E-state index is -0.348. The Morgan fingerprint density at radius 2 is 1.83 bits per heavy atom. The summed E-state index contributed by atoms with van der Waals surface area (Å²) >= 11 is 0. The van der Waals surface area contributed by atoms with E-state index in [1.54, 1.807) is 4.68 Å². The van der Waals surface area contributed by atoms with Crippen LogP contribution in [0.2, 0.25) is 0 Å². The number of anilines is 1. The molecular formula is C23H30N4O2. The van der Waals surface area contributed by atoms with Gasteiger partial charge in [0, 0.05) is 5.70 Å². The first-order valence-corrected chi connectivity index (χ1v) is 10.5. The quantitative estimate of drug-likeness (QED) is 0.762. The van der Waals surface area contributed by atoms with Crippen molar-refractivity contribution in [2.45, 2.75) is 77.4 Å². The highest BCUT2D eigenvalue weighted by Gasteiger charge is 2.35. The number of carbonyl (C=O) groups is 1. The first-order valence-electron chi connectivity index (χ1n) is 10.5. The molecule has 154 valence electrons. The van der Waals surface area contributed by atoms with Gasteiger partial charge >= 0.3 is 5.97 Å². The molecule has 1 atom stereocenters. The lowest BCUT2D eigenvalue weighted by Gasteiger charge is -2.30. The van der Waals surface area contributed by atoms with Gasteiger partial charge in [-0.2, -0.15) is 10.1 Å². The van der Waals surface area contributed by atoms with Gasteiger partial charge in [0.1, 0.15) is 18.5 Å². The fourth-order valence-corrected chi connectivity index (χ4v) is 4.23. The molecule has 1 unspecified atom stereocenters. The van der Waals surface area contributed by atoms with E-state index in [0.29, 0.717) is 11.5 Å². The molecule has 1 aliphatic carbocycles. The van der Waals surface area contributed by atoms with E-state index in [2.05, 4.69) is 60.4 Å². The summed E-state index contributed by atoms with van der Waals surface area (Å²) < 4.78 is 7.70. The molecule has 0 spiro atoms. The lowest BCUT2D eigenvalue weighted by molar-refractivity contribution is -0.146. The second-order valence-electron chi connectivity index (χ2n) is 9.13. The van der Waals surface area contributed by atoms with E-state index in [0.717, 1.165) is 36.9 Å². The minimum absolute atomic E-state index is 0.0117. The number of nitrogens with zero attached hydrogens (tertiary/aromatic N) is 3. The van der Waals surface area contributed by atoms with Crippen molar-refractivity contribution in [2.24, 2.45) is 0 Å². The summed E-state index contributed by atoms with van der Waals surface area (Å²) in [6, 6.07) is 8.09. The second-order valence-corrected chi connectivity index (χ2v) is 9.13. The van der Waals surface area contributed by atoms with Gasteiger partial charge in [0.25, 0.3) is 0 Å². The van der Waals surface area contributed by atoms with E-state index in [9.17, 15) is 4.79 Å². The summed E-state index contributed by atoms with van der Waals surface area (Å²) in [6.45, 7) is 8.49. The van der Waals surface area contributed by atoms with E-state index >= 15 is 0 Å². The van der Waals surface area contributed by atoms with Crippen LogP contribution in [-0.4, -0.2) is 26.8 Å². The molecule has 0 amide bonds. The zero-order valence-electron chi connectivity index (χ0n) is 17.7.